The van der Waals surface area contributed by atoms with Gasteiger partial charge >= 0.3 is 18.3 Å². The number of aryl methyl sites for hydroxylation is 1. The van der Waals surface area contributed by atoms with Crippen LogP contribution in [0.5, 0.6) is 5.75 Å². The number of hydrogen-bond acceptors (Lipinski definition) is 9. The van der Waals surface area contributed by atoms with Crippen molar-refractivity contribution in [3.05, 3.63) is 44.0 Å². The highest BCUT2D eigenvalue weighted by atomic mass is 35.5. The number of rotatable bonds is 8. The van der Waals surface area contributed by atoms with Crippen LogP contribution in [0.2, 0.25) is 5.02 Å². The zero-order valence-corrected chi connectivity index (χ0v) is 17.4. The van der Waals surface area contributed by atoms with Crippen molar-refractivity contribution in [3.8, 4) is 5.75 Å². The van der Waals surface area contributed by atoms with Crippen molar-refractivity contribution in [2.75, 3.05) is 13.4 Å². The second-order valence-electron chi connectivity index (χ2n) is 6.50. The van der Waals surface area contributed by atoms with E-state index in [-0.39, 0.29) is 29.4 Å². The van der Waals surface area contributed by atoms with Gasteiger partial charge in [-0.1, -0.05) is 11.6 Å². The molecule has 0 bridgehead atoms. The Labute approximate surface area is 183 Å². The Balaban J connectivity index is 1.96. The molecule has 2 rings (SSSR count). The molecule has 0 spiro atoms. The molecule has 1 unspecified atom stereocenters. The van der Waals surface area contributed by atoms with Crippen LogP contribution in [0.15, 0.2) is 17.7 Å². The molecule has 32 heavy (non-hydrogen) atoms. The molecule has 176 valence electrons. The molecule has 1 aliphatic rings. The predicted octanol–water partition coefficient (Wildman–Crippen LogP) is 4.00. The number of alkyl halides is 3. The van der Waals surface area contributed by atoms with Gasteiger partial charge in [-0.05, 0) is 37.6 Å². The predicted molar refractivity (Wildman–Crippen MR) is 100 cm³/mol. The lowest BCUT2D eigenvalue weighted by Gasteiger charge is -2.28. The lowest BCUT2D eigenvalue weighted by Crippen LogP contribution is -2.41. The average Bonchev–Trinajstić information content (AvgIpc) is 2.65. The molecule has 14 heteroatoms. The van der Waals surface area contributed by atoms with E-state index >= 15 is 0 Å². The van der Waals surface area contributed by atoms with E-state index in [1.54, 1.807) is 0 Å². The minimum Gasteiger partial charge on any atom is -0.475 e. The van der Waals surface area contributed by atoms with E-state index in [4.69, 9.17) is 16.3 Å². The van der Waals surface area contributed by atoms with Crippen LogP contribution >= 0.6 is 11.6 Å². The summed E-state index contributed by atoms with van der Waals surface area (Å²) in [5.74, 6) is -1.51. The van der Waals surface area contributed by atoms with Gasteiger partial charge in [-0.2, -0.15) is 13.2 Å². The Morgan fingerprint density at radius 2 is 1.97 bits per heavy atom. The number of carbonyl (C=O) groups is 2. The number of esters is 1. The molecule has 0 saturated heterocycles. The van der Waals surface area contributed by atoms with E-state index in [0.29, 0.717) is 5.56 Å². The van der Waals surface area contributed by atoms with Gasteiger partial charge < -0.3 is 23.8 Å². The first-order valence-electron chi connectivity index (χ1n) is 8.91. The van der Waals surface area contributed by atoms with Gasteiger partial charge in [0.25, 0.3) is 5.09 Å². The molecule has 0 aliphatic carbocycles. The maximum atomic E-state index is 13.4. The van der Waals surface area contributed by atoms with Crippen molar-refractivity contribution in [1.29, 1.82) is 0 Å². The van der Waals surface area contributed by atoms with Gasteiger partial charge in [-0.25, -0.2) is 9.59 Å². The summed E-state index contributed by atoms with van der Waals surface area (Å²) in [7, 11) is 0. The van der Waals surface area contributed by atoms with Crippen LogP contribution in [0.4, 0.5) is 18.0 Å². The van der Waals surface area contributed by atoms with Gasteiger partial charge in [0.1, 0.15) is 11.9 Å². The third kappa shape index (κ3) is 6.90. The van der Waals surface area contributed by atoms with E-state index < -0.39 is 48.0 Å². The van der Waals surface area contributed by atoms with Crippen molar-refractivity contribution in [2.45, 2.75) is 38.7 Å². The van der Waals surface area contributed by atoms with Crippen LogP contribution in [0, 0.1) is 17.0 Å². The second-order valence-corrected chi connectivity index (χ2v) is 6.94. The third-order valence-corrected chi connectivity index (χ3v) is 4.23. The largest absolute Gasteiger partial charge is 0.511 e. The number of nitrogens with zero attached hydrogens (tertiary/aromatic N) is 1. The molecular formula is C18H17ClF3NO9. The van der Waals surface area contributed by atoms with Crippen LogP contribution in [-0.2, 0) is 23.8 Å². The number of ether oxygens (including phenoxy) is 4. The fourth-order valence-electron chi connectivity index (χ4n) is 2.62. The molecule has 2 atom stereocenters. The van der Waals surface area contributed by atoms with Crippen molar-refractivity contribution < 1.29 is 51.6 Å². The topological polar surface area (TPSA) is 123 Å². The summed E-state index contributed by atoms with van der Waals surface area (Å²) in [5.41, 5.74) is -0.377. The Morgan fingerprint density at radius 3 is 2.59 bits per heavy atom. The van der Waals surface area contributed by atoms with Gasteiger partial charge in [0.2, 0.25) is 12.9 Å². The molecule has 1 aromatic rings. The van der Waals surface area contributed by atoms with E-state index in [0.717, 1.165) is 6.08 Å². The lowest BCUT2D eigenvalue weighted by atomic mass is 9.99. The fourth-order valence-corrected chi connectivity index (χ4v) is 2.90. The van der Waals surface area contributed by atoms with E-state index in [9.17, 15) is 32.9 Å². The quantitative estimate of drug-likeness (QED) is 0.233. The van der Waals surface area contributed by atoms with Crippen LogP contribution in [0.1, 0.15) is 24.5 Å². The number of fused-ring (bicyclic) bond motifs is 1. The van der Waals surface area contributed by atoms with E-state index in [1.807, 2.05) is 0 Å². The van der Waals surface area contributed by atoms with Crippen molar-refractivity contribution in [3.63, 3.8) is 0 Å². The van der Waals surface area contributed by atoms with Gasteiger partial charge in [0.05, 0.1) is 12.2 Å². The molecule has 0 radical (unpaired) electrons. The maximum Gasteiger partial charge on any atom is 0.511 e. The van der Waals surface area contributed by atoms with E-state index in [2.05, 4.69) is 19.0 Å². The molecular weight excluding hydrogens is 467 g/mol. The van der Waals surface area contributed by atoms with Gasteiger partial charge in [0.15, 0.2) is 0 Å². The van der Waals surface area contributed by atoms with Crippen molar-refractivity contribution in [2.24, 2.45) is 0 Å². The van der Waals surface area contributed by atoms with Gasteiger partial charge in [0, 0.05) is 17.0 Å². The summed E-state index contributed by atoms with van der Waals surface area (Å²) in [6.45, 7) is 1.51. The Hall–Kier alpha value is -3.22. The Morgan fingerprint density at radius 1 is 1.28 bits per heavy atom. The second kappa shape index (κ2) is 10.4. The molecule has 0 amide bonds. The van der Waals surface area contributed by atoms with Gasteiger partial charge in [-0.15, -0.1) is 10.1 Å². The number of carbonyl (C=O) groups excluding carboxylic acids is 2. The van der Waals surface area contributed by atoms with E-state index in [1.165, 1.54) is 26.0 Å². The first kappa shape index (κ1) is 25.0. The molecule has 0 N–H and O–H groups in total. The third-order valence-electron chi connectivity index (χ3n) is 4.01. The smallest absolute Gasteiger partial charge is 0.475 e. The summed E-state index contributed by atoms with van der Waals surface area (Å²) in [4.78, 5) is 38.0. The Kier molecular flexibility index (Phi) is 8.14. The maximum absolute atomic E-state index is 13.4. The fraction of sp³-hybridized carbons (Fsp3) is 0.444. The minimum atomic E-state index is -4.93. The van der Waals surface area contributed by atoms with Crippen molar-refractivity contribution >= 4 is 29.8 Å². The molecule has 0 fully saturated rings. The summed E-state index contributed by atoms with van der Waals surface area (Å²) >= 11 is 5.90. The summed E-state index contributed by atoms with van der Waals surface area (Å²) < 4.78 is 58.9. The highest BCUT2D eigenvalue weighted by Gasteiger charge is 2.49. The molecule has 1 aliphatic heterocycles. The highest BCUT2D eigenvalue weighted by Crippen LogP contribution is 2.40. The summed E-state index contributed by atoms with van der Waals surface area (Å²) in [6.07, 6.45) is -8.79. The minimum absolute atomic E-state index is 0.0330. The standard InChI is InChI=1S/C18H17ClF3NO9/c1-9-5-12(19)6-11-7-13(15(18(20,21)22)31-14(9)11)16(24)29-8-30-17(25)28-4-3-10(2)32-23(26)27/h5-7,10,15H,3-4,8H2,1-2H3/t10?,15-/m0/s1. The lowest BCUT2D eigenvalue weighted by molar-refractivity contribution is -0.767. The average molecular weight is 484 g/mol. The first-order chi connectivity index (χ1) is 14.9. The van der Waals surface area contributed by atoms with Crippen LogP contribution in [0.3, 0.4) is 0 Å². The number of benzene rings is 1. The monoisotopic (exact) mass is 483 g/mol. The van der Waals surface area contributed by atoms with Crippen LogP contribution in [-0.4, -0.2) is 49.0 Å². The zero-order chi connectivity index (χ0) is 24.1. The van der Waals surface area contributed by atoms with Gasteiger partial charge in [-0.3, -0.25) is 0 Å². The molecule has 10 nitrogen and oxygen atoms in total. The summed E-state index contributed by atoms with van der Waals surface area (Å²) in [6, 6.07) is 2.73. The molecule has 0 aromatic heterocycles. The van der Waals surface area contributed by atoms with Crippen molar-refractivity contribution in [1.82, 2.24) is 0 Å². The normalized spacial score (nSPS) is 16.1. The number of halogens is 4. The first-order valence-corrected chi connectivity index (χ1v) is 9.29. The summed E-state index contributed by atoms with van der Waals surface area (Å²) in [5, 5.41) is 9.36. The highest BCUT2D eigenvalue weighted by molar-refractivity contribution is 6.30. The molecule has 0 saturated carbocycles. The van der Waals surface area contributed by atoms with Crippen LogP contribution in [0.25, 0.3) is 6.08 Å². The zero-order valence-electron chi connectivity index (χ0n) is 16.6. The SMILES string of the molecule is Cc1cc(Cl)cc2c1O[C@H](C(F)(F)F)C(C(=O)OCOC(=O)OCCC(C)O[N+](=O)[O-])=C2. The molecule has 1 heterocycles. The molecule has 1 aromatic carbocycles. The Bertz CT molecular complexity index is 920. The number of hydrogen-bond donors (Lipinski definition) is 0. The van der Waals surface area contributed by atoms with Crippen LogP contribution < -0.4 is 4.74 Å².